The summed E-state index contributed by atoms with van der Waals surface area (Å²) in [5.41, 5.74) is 0.671. The third-order valence-corrected chi connectivity index (χ3v) is 5.34. The second-order valence-electron chi connectivity index (χ2n) is 6.77. The van der Waals surface area contributed by atoms with Gasteiger partial charge in [0.05, 0.1) is 0 Å². The second-order valence-corrected chi connectivity index (χ2v) is 6.77. The molecule has 18 heavy (non-hydrogen) atoms. The molecule has 1 aliphatic carbocycles. The highest BCUT2D eigenvalue weighted by Crippen LogP contribution is 2.37. The fraction of sp³-hybridized carbons (Fsp3) is 1.00. The van der Waals surface area contributed by atoms with Gasteiger partial charge in [-0.3, -0.25) is 0 Å². The number of nitrogens with zero attached hydrogens (tertiary/aromatic N) is 1. The topological polar surface area (TPSA) is 15.3 Å². The molecular weight excluding hydrogens is 244 g/mol. The molecule has 106 valence electrons. The summed E-state index contributed by atoms with van der Waals surface area (Å²) in [6.45, 7) is 6.71. The lowest BCUT2D eigenvalue weighted by Crippen LogP contribution is -2.32. The molecule has 2 saturated heterocycles. The summed E-state index contributed by atoms with van der Waals surface area (Å²) in [5.74, 6) is 1.02. The van der Waals surface area contributed by atoms with Gasteiger partial charge in [-0.05, 0) is 50.1 Å². The monoisotopic (exact) mass is 272 g/mol. The van der Waals surface area contributed by atoms with Crippen molar-refractivity contribution in [2.75, 3.05) is 32.7 Å². The highest BCUT2D eigenvalue weighted by molar-refractivity contribution is 5.85. The maximum Gasteiger partial charge on any atom is 0.00512 e. The summed E-state index contributed by atoms with van der Waals surface area (Å²) >= 11 is 0. The maximum atomic E-state index is 3.56. The van der Waals surface area contributed by atoms with Crippen molar-refractivity contribution in [2.45, 2.75) is 51.4 Å². The highest BCUT2D eigenvalue weighted by atomic mass is 35.5. The van der Waals surface area contributed by atoms with E-state index in [1.54, 1.807) is 0 Å². The molecule has 3 fully saturated rings. The van der Waals surface area contributed by atoms with E-state index >= 15 is 0 Å². The Hall–Kier alpha value is 0.210. The number of hydrogen-bond acceptors (Lipinski definition) is 2. The molecule has 0 bridgehead atoms. The van der Waals surface area contributed by atoms with E-state index in [1.807, 2.05) is 0 Å². The Morgan fingerprint density at radius 2 is 1.83 bits per heavy atom. The zero-order valence-corrected chi connectivity index (χ0v) is 12.4. The standard InChI is InChI=1S/C15H28N2.ClH/c1-2-4-6-14(5-3-1)11-17-10-8-15(13-17)7-9-16-12-15;/h14,16H,1-13H2;1H. The van der Waals surface area contributed by atoms with Crippen molar-refractivity contribution in [3.8, 4) is 0 Å². The van der Waals surface area contributed by atoms with Crippen LogP contribution in [0.2, 0.25) is 0 Å². The molecule has 3 rings (SSSR count). The summed E-state index contributed by atoms with van der Waals surface area (Å²) in [7, 11) is 0. The largest absolute Gasteiger partial charge is 0.316 e. The molecule has 1 N–H and O–H groups in total. The lowest BCUT2D eigenvalue weighted by Gasteiger charge is -2.25. The molecule has 1 atom stereocenters. The van der Waals surface area contributed by atoms with Crippen LogP contribution in [0, 0.1) is 11.3 Å². The molecule has 2 nitrogen and oxygen atoms in total. The highest BCUT2D eigenvalue weighted by Gasteiger charge is 2.40. The Labute approximate surface area is 118 Å². The van der Waals surface area contributed by atoms with E-state index in [1.165, 1.54) is 84.1 Å². The maximum absolute atomic E-state index is 3.56. The molecule has 0 aromatic heterocycles. The molecule has 1 saturated carbocycles. The van der Waals surface area contributed by atoms with Crippen molar-refractivity contribution >= 4 is 12.4 Å². The predicted octanol–water partition coefficient (Wildman–Crippen LogP) is 3.06. The number of hydrogen-bond donors (Lipinski definition) is 1. The average Bonchev–Trinajstić information content (AvgIpc) is 2.86. The lowest BCUT2D eigenvalue weighted by atomic mass is 9.86. The smallest absolute Gasteiger partial charge is 0.00512 e. The average molecular weight is 273 g/mol. The number of likely N-dealkylation sites (tertiary alicyclic amines) is 1. The van der Waals surface area contributed by atoms with Crippen molar-refractivity contribution < 1.29 is 0 Å². The van der Waals surface area contributed by atoms with Gasteiger partial charge < -0.3 is 10.2 Å². The van der Waals surface area contributed by atoms with Gasteiger partial charge in [-0.25, -0.2) is 0 Å². The molecule has 0 amide bonds. The van der Waals surface area contributed by atoms with Gasteiger partial charge in [-0.15, -0.1) is 12.4 Å². The first-order chi connectivity index (χ1) is 8.36. The molecule has 2 heterocycles. The Morgan fingerprint density at radius 3 is 2.50 bits per heavy atom. The van der Waals surface area contributed by atoms with E-state index in [9.17, 15) is 0 Å². The molecular formula is C15H29ClN2. The van der Waals surface area contributed by atoms with Crippen LogP contribution < -0.4 is 5.32 Å². The van der Waals surface area contributed by atoms with Crippen LogP contribution in [0.3, 0.4) is 0 Å². The number of nitrogens with one attached hydrogen (secondary N) is 1. The van der Waals surface area contributed by atoms with Crippen LogP contribution in [0.1, 0.15) is 51.4 Å². The number of halogens is 1. The number of rotatable bonds is 2. The summed E-state index contributed by atoms with van der Waals surface area (Å²) < 4.78 is 0. The third kappa shape index (κ3) is 3.40. The summed E-state index contributed by atoms with van der Waals surface area (Å²) in [5, 5.41) is 3.56. The first-order valence-electron chi connectivity index (χ1n) is 7.79. The minimum Gasteiger partial charge on any atom is -0.316 e. The van der Waals surface area contributed by atoms with Gasteiger partial charge in [0.15, 0.2) is 0 Å². The van der Waals surface area contributed by atoms with E-state index in [0.29, 0.717) is 5.41 Å². The molecule has 2 aliphatic heterocycles. The first kappa shape index (κ1) is 14.6. The van der Waals surface area contributed by atoms with Gasteiger partial charge in [0.2, 0.25) is 0 Å². The Bertz CT molecular complexity index is 243. The van der Waals surface area contributed by atoms with Crippen molar-refractivity contribution in [3.63, 3.8) is 0 Å². The predicted molar refractivity (Wildman–Crippen MR) is 79.4 cm³/mol. The molecule has 3 heteroatoms. The van der Waals surface area contributed by atoms with Crippen LogP contribution in [0.25, 0.3) is 0 Å². The van der Waals surface area contributed by atoms with Crippen molar-refractivity contribution in [1.82, 2.24) is 10.2 Å². The van der Waals surface area contributed by atoms with Gasteiger partial charge >= 0.3 is 0 Å². The van der Waals surface area contributed by atoms with E-state index in [4.69, 9.17) is 0 Å². The van der Waals surface area contributed by atoms with Crippen LogP contribution >= 0.6 is 12.4 Å². The zero-order valence-electron chi connectivity index (χ0n) is 11.6. The van der Waals surface area contributed by atoms with Gasteiger partial charge in [-0.2, -0.15) is 0 Å². The molecule has 0 radical (unpaired) electrons. The van der Waals surface area contributed by atoms with Crippen LogP contribution in [0.4, 0.5) is 0 Å². The van der Waals surface area contributed by atoms with E-state index in [2.05, 4.69) is 10.2 Å². The van der Waals surface area contributed by atoms with Crippen LogP contribution in [0.15, 0.2) is 0 Å². The third-order valence-electron chi connectivity index (χ3n) is 5.34. The quantitative estimate of drug-likeness (QED) is 0.778. The van der Waals surface area contributed by atoms with Gasteiger partial charge in [0, 0.05) is 19.6 Å². The van der Waals surface area contributed by atoms with Gasteiger partial charge in [-0.1, -0.05) is 25.7 Å². The van der Waals surface area contributed by atoms with Crippen LogP contribution in [-0.2, 0) is 0 Å². The second kappa shape index (κ2) is 6.58. The van der Waals surface area contributed by atoms with E-state index in [-0.39, 0.29) is 12.4 Å². The molecule has 3 aliphatic rings. The van der Waals surface area contributed by atoms with Crippen LogP contribution in [-0.4, -0.2) is 37.6 Å². The molecule has 1 unspecified atom stereocenters. The van der Waals surface area contributed by atoms with E-state index < -0.39 is 0 Å². The molecule has 0 aromatic rings. The minimum atomic E-state index is 0. The van der Waals surface area contributed by atoms with Gasteiger partial charge in [0.25, 0.3) is 0 Å². The minimum absolute atomic E-state index is 0. The van der Waals surface area contributed by atoms with Crippen molar-refractivity contribution in [1.29, 1.82) is 0 Å². The summed E-state index contributed by atoms with van der Waals surface area (Å²) in [4.78, 5) is 2.78. The van der Waals surface area contributed by atoms with Crippen LogP contribution in [0.5, 0.6) is 0 Å². The Morgan fingerprint density at radius 1 is 1.06 bits per heavy atom. The normalized spacial score (nSPS) is 34.7. The Kier molecular flexibility index (Phi) is 5.35. The zero-order chi connectivity index (χ0) is 11.6. The Balaban J connectivity index is 0.00000120. The van der Waals surface area contributed by atoms with Crippen molar-refractivity contribution in [2.24, 2.45) is 11.3 Å². The fourth-order valence-corrected chi connectivity index (χ4v) is 4.24. The van der Waals surface area contributed by atoms with Gasteiger partial charge in [0.1, 0.15) is 0 Å². The SMILES string of the molecule is C1CCCC(CN2CCC3(CCNC3)C2)CC1.Cl. The summed E-state index contributed by atoms with van der Waals surface area (Å²) in [6.07, 6.45) is 11.8. The van der Waals surface area contributed by atoms with E-state index in [0.717, 1.165) is 5.92 Å². The molecule has 1 spiro atoms. The summed E-state index contributed by atoms with van der Waals surface area (Å²) in [6, 6.07) is 0. The fourth-order valence-electron chi connectivity index (χ4n) is 4.24. The van der Waals surface area contributed by atoms with Crippen molar-refractivity contribution in [3.05, 3.63) is 0 Å². The first-order valence-corrected chi connectivity index (χ1v) is 7.79. The molecule has 0 aromatic carbocycles. The lowest BCUT2D eigenvalue weighted by molar-refractivity contribution is 0.229.